The van der Waals surface area contributed by atoms with Crippen LogP contribution in [0, 0.1) is 11.6 Å². The van der Waals surface area contributed by atoms with Crippen molar-refractivity contribution in [1.82, 2.24) is 14.9 Å². The number of carbonyl (C=O) groups is 2. The normalized spacial score (nSPS) is 15.0. The molecule has 7 nitrogen and oxygen atoms in total. The summed E-state index contributed by atoms with van der Waals surface area (Å²) in [6.45, 7) is 12.0. The summed E-state index contributed by atoms with van der Waals surface area (Å²) in [6.07, 6.45) is 3.40. The molecule has 3 aromatic rings. The highest BCUT2D eigenvalue weighted by Crippen LogP contribution is 2.43. The Morgan fingerprint density at radius 1 is 1.14 bits per heavy atom. The first-order chi connectivity index (χ1) is 17.1. The minimum atomic E-state index is -0.888. The van der Waals surface area contributed by atoms with Gasteiger partial charge in [0.25, 0.3) is 0 Å². The third kappa shape index (κ3) is 4.42. The molecule has 0 atom stereocenters. The van der Waals surface area contributed by atoms with Crippen molar-refractivity contribution in [2.24, 2.45) is 0 Å². The van der Waals surface area contributed by atoms with Gasteiger partial charge in [-0.1, -0.05) is 30.8 Å². The Labute approximate surface area is 211 Å². The molecule has 36 heavy (non-hydrogen) atoms. The molecule has 10 heteroatoms. The van der Waals surface area contributed by atoms with E-state index in [2.05, 4.69) is 23.1 Å². The first-order valence-electron chi connectivity index (χ1n) is 11.0. The number of amides is 1. The molecule has 0 radical (unpaired) electrons. The van der Waals surface area contributed by atoms with Crippen molar-refractivity contribution in [3.8, 4) is 16.9 Å². The van der Waals surface area contributed by atoms with E-state index in [1.54, 1.807) is 4.90 Å². The maximum absolute atomic E-state index is 16.0. The van der Waals surface area contributed by atoms with Gasteiger partial charge >= 0.3 is 5.97 Å². The number of halogens is 3. The van der Waals surface area contributed by atoms with Gasteiger partial charge in [0, 0.05) is 36.7 Å². The van der Waals surface area contributed by atoms with E-state index in [1.807, 2.05) is 18.7 Å². The molecule has 0 spiro atoms. The highest BCUT2D eigenvalue weighted by Gasteiger charge is 2.37. The van der Waals surface area contributed by atoms with E-state index in [9.17, 15) is 14.0 Å². The fourth-order valence-corrected chi connectivity index (χ4v) is 4.69. The summed E-state index contributed by atoms with van der Waals surface area (Å²) < 4.78 is 36.0. The van der Waals surface area contributed by atoms with Crippen molar-refractivity contribution >= 4 is 40.2 Å². The molecule has 0 bridgehead atoms. The van der Waals surface area contributed by atoms with Gasteiger partial charge in [-0.05, 0) is 38.1 Å². The first-order valence-corrected chi connectivity index (χ1v) is 11.4. The fourth-order valence-electron chi connectivity index (χ4n) is 4.41. The number of hydrogen-bond acceptors (Lipinski definition) is 6. The number of rotatable bonds is 5. The summed E-state index contributed by atoms with van der Waals surface area (Å²) in [5, 5.41) is 0.205. The number of anilines is 1. The van der Waals surface area contributed by atoms with Crippen LogP contribution < -0.4 is 9.64 Å². The van der Waals surface area contributed by atoms with Crippen LogP contribution in [0.3, 0.4) is 0 Å². The van der Waals surface area contributed by atoms with Gasteiger partial charge < -0.3 is 14.5 Å². The predicted molar refractivity (Wildman–Crippen MR) is 134 cm³/mol. The summed E-state index contributed by atoms with van der Waals surface area (Å²) in [5.41, 5.74) is -1.24. The van der Waals surface area contributed by atoms with E-state index in [0.29, 0.717) is 30.8 Å². The molecule has 1 fully saturated rings. The van der Waals surface area contributed by atoms with Gasteiger partial charge in [0.1, 0.15) is 29.2 Å². The van der Waals surface area contributed by atoms with Crippen LogP contribution in [0.2, 0.25) is 5.02 Å². The second-order valence-corrected chi connectivity index (χ2v) is 9.21. The van der Waals surface area contributed by atoms with Gasteiger partial charge in [-0.3, -0.25) is 4.79 Å². The Kier molecular flexibility index (Phi) is 6.77. The largest absolute Gasteiger partial charge is 0.423 e. The number of benzene rings is 2. The van der Waals surface area contributed by atoms with Crippen LogP contribution in [-0.2, 0) is 9.59 Å². The third-order valence-corrected chi connectivity index (χ3v) is 6.34. The molecule has 4 rings (SSSR count). The molecule has 1 saturated heterocycles. The molecular formula is C26H23ClF2N4O3. The lowest BCUT2D eigenvalue weighted by Gasteiger charge is -2.47. The van der Waals surface area contributed by atoms with Crippen LogP contribution in [0.4, 0.5) is 14.6 Å². The van der Waals surface area contributed by atoms with E-state index in [4.69, 9.17) is 16.3 Å². The molecule has 0 unspecified atom stereocenters. The van der Waals surface area contributed by atoms with Crippen molar-refractivity contribution in [1.29, 1.82) is 0 Å². The Morgan fingerprint density at radius 2 is 1.89 bits per heavy atom. The average molecular weight is 513 g/mol. The monoisotopic (exact) mass is 512 g/mol. The first kappa shape index (κ1) is 25.2. The zero-order chi connectivity index (χ0) is 26.2. The van der Waals surface area contributed by atoms with Gasteiger partial charge in [0.05, 0.1) is 16.1 Å². The Hall–Kier alpha value is -3.85. The highest BCUT2D eigenvalue weighted by atomic mass is 35.5. The van der Waals surface area contributed by atoms with Crippen LogP contribution in [0.25, 0.3) is 22.0 Å². The zero-order valence-corrected chi connectivity index (χ0v) is 20.5. The van der Waals surface area contributed by atoms with Crippen LogP contribution in [-0.4, -0.2) is 51.9 Å². The van der Waals surface area contributed by atoms with Gasteiger partial charge in [0.15, 0.2) is 5.82 Å². The lowest BCUT2D eigenvalue weighted by Crippen LogP contribution is -2.60. The molecule has 0 saturated carbocycles. The minimum absolute atomic E-state index is 0.0796. The molecule has 1 amide bonds. The zero-order valence-electron chi connectivity index (χ0n) is 19.7. The number of aromatic nitrogens is 2. The lowest BCUT2D eigenvalue weighted by molar-refractivity contribution is -0.129. The summed E-state index contributed by atoms with van der Waals surface area (Å²) in [4.78, 5) is 36.1. The van der Waals surface area contributed by atoms with E-state index < -0.39 is 23.1 Å². The maximum Gasteiger partial charge on any atom is 0.335 e. The number of ether oxygens (including phenoxy) is 1. The predicted octanol–water partition coefficient (Wildman–Crippen LogP) is 4.93. The number of esters is 1. The molecule has 2 aromatic carbocycles. The van der Waals surface area contributed by atoms with E-state index in [0.717, 1.165) is 12.1 Å². The van der Waals surface area contributed by atoms with Crippen molar-refractivity contribution in [3.05, 3.63) is 72.6 Å². The second kappa shape index (κ2) is 9.66. The lowest BCUT2D eigenvalue weighted by atomic mass is 9.97. The minimum Gasteiger partial charge on any atom is -0.423 e. The smallest absolute Gasteiger partial charge is 0.335 e. The molecular weight excluding hydrogens is 490 g/mol. The summed E-state index contributed by atoms with van der Waals surface area (Å²) in [5.74, 6) is -2.51. The summed E-state index contributed by atoms with van der Waals surface area (Å²) >= 11 is 6.52. The number of nitrogens with zero attached hydrogens (tertiary/aromatic N) is 4. The standard InChI is InChI=1S/C26H23ClF2N4O3/c1-5-19(34)32-10-11-33(26(3,4)13-32)25-15-12-16(27)21(23(29)24(15)30-14-31-25)22-17(28)8-7-9-18(22)36-20(35)6-2/h5-9,12,14H,1-2,10-11,13H2,3-4H3. The van der Waals surface area contributed by atoms with Crippen LogP contribution in [0.1, 0.15) is 13.8 Å². The second-order valence-electron chi connectivity index (χ2n) is 8.81. The molecule has 1 aromatic heterocycles. The maximum atomic E-state index is 16.0. The molecule has 0 aliphatic carbocycles. The van der Waals surface area contributed by atoms with Crippen molar-refractivity contribution < 1.29 is 23.1 Å². The van der Waals surface area contributed by atoms with Crippen LogP contribution in [0.15, 0.2) is 55.9 Å². The number of hydrogen-bond donors (Lipinski definition) is 0. The van der Waals surface area contributed by atoms with E-state index in [-0.39, 0.29) is 33.3 Å². The summed E-state index contributed by atoms with van der Waals surface area (Å²) in [6, 6.07) is 5.24. The van der Waals surface area contributed by atoms with Crippen LogP contribution >= 0.6 is 11.6 Å². The Bertz CT molecular complexity index is 1410. The fraction of sp³-hybridized carbons (Fsp3) is 0.231. The van der Waals surface area contributed by atoms with Gasteiger partial charge in [-0.25, -0.2) is 23.5 Å². The molecule has 186 valence electrons. The van der Waals surface area contributed by atoms with Crippen molar-refractivity contribution in [2.45, 2.75) is 19.4 Å². The molecule has 2 heterocycles. The Morgan fingerprint density at radius 3 is 2.56 bits per heavy atom. The summed E-state index contributed by atoms with van der Waals surface area (Å²) in [7, 11) is 0. The Balaban J connectivity index is 1.86. The van der Waals surface area contributed by atoms with Crippen LogP contribution in [0.5, 0.6) is 5.75 Å². The van der Waals surface area contributed by atoms with E-state index >= 15 is 4.39 Å². The number of carbonyl (C=O) groups excluding carboxylic acids is 2. The van der Waals surface area contributed by atoms with Crippen molar-refractivity contribution in [3.63, 3.8) is 0 Å². The molecule has 0 N–H and O–H groups in total. The molecule has 1 aliphatic rings. The third-order valence-electron chi connectivity index (χ3n) is 6.05. The quantitative estimate of drug-likeness (QED) is 0.274. The average Bonchev–Trinajstić information content (AvgIpc) is 2.84. The number of fused-ring (bicyclic) bond motifs is 1. The SMILES string of the molecule is C=CC(=O)Oc1cccc(F)c1-c1c(Cl)cc2c(N3CCN(C(=O)C=C)CC3(C)C)ncnc2c1F. The highest BCUT2D eigenvalue weighted by molar-refractivity contribution is 6.34. The number of piperazine rings is 1. The van der Waals surface area contributed by atoms with Crippen molar-refractivity contribution in [2.75, 3.05) is 24.5 Å². The van der Waals surface area contributed by atoms with Gasteiger partial charge in [-0.2, -0.15) is 0 Å². The molecule has 1 aliphatic heterocycles. The topological polar surface area (TPSA) is 75.6 Å². The van der Waals surface area contributed by atoms with Gasteiger partial charge in [-0.15, -0.1) is 0 Å². The van der Waals surface area contributed by atoms with E-state index in [1.165, 1.54) is 30.6 Å². The van der Waals surface area contributed by atoms with Gasteiger partial charge in [0.2, 0.25) is 5.91 Å².